The molecule has 1 rings (SSSR count). The second kappa shape index (κ2) is 3.70. The molecule has 0 unspecified atom stereocenters. The smallest absolute Gasteiger partial charge is 0.407 e. The van der Waals surface area contributed by atoms with Crippen molar-refractivity contribution in [2.24, 2.45) is 5.73 Å². The van der Waals surface area contributed by atoms with Gasteiger partial charge < -0.3 is 10.5 Å². The third-order valence-corrected chi connectivity index (χ3v) is 1.78. The third-order valence-electron chi connectivity index (χ3n) is 1.10. The van der Waals surface area contributed by atoms with Gasteiger partial charge in [-0.3, -0.25) is 0 Å². The van der Waals surface area contributed by atoms with E-state index in [9.17, 15) is 9.18 Å². The molecule has 12 heavy (non-hydrogen) atoms. The molecule has 1 aromatic carbocycles. The lowest BCUT2D eigenvalue weighted by atomic mass is 10.3. The van der Waals surface area contributed by atoms with E-state index in [4.69, 9.17) is 5.73 Å². The van der Waals surface area contributed by atoms with Crippen molar-refractivity contribution in [3.8, 4) is 5.75 Å². The zero-order valence-electron chi connectivity index (χ0n) is 5.88. The lowest BCUT2D eigenvalue weighted by Gasteiger charge is -2.01. The van der Waals surface area contributed by atoms with E-state index in [-0.39, 0.29) is 5.75 Å². The van der Waals surface area contributed by atoms with E-state index in [0.29, 0.717) is 0 Å². The molecule has 1 amide bonds. The maximum absolute atomic E-state index is 12.9. The molecule has 0 aliphatic heterocycles. The Kier molecular flexibility index (Phi) is 2.85. The summed E-state index contributed by atoms with van der Waals surface area (Å²) in [6, 6.07) is 4.21. The first-order chi connectivity index (χ1) is 5.59. The van der Waals surface area contributed by atoms with Gasteiger partial charge >= 0.3 is 6.09 Å². The number of rotatable bonds is 1. The summed E-state index contributed by atoms with van der Waals surface area (Å²) in [5.41, 5.74) is 4.70. The van der Waals surface area contributed by atoms with E-state index < -0.39 is 11.9 Å². The highest BCUT2D eigenvalue weighted by Gasteiger charge is 2.05. The fraction of sp³-hybridized carbons (Fsp3) is 0. The van der Waals surface area contributed by atoms with Gasteiger partial charge in [0.2, 0.25) is 0 Å². The number of hydrogen-bond acceptors (Lipinski definition) is 2. The monoisotopic (exact) mass is 281 g/mol. The summed E-state index contributed by atoms with van der Waals surface area (Å²) < 4.78 is 18.0. The molecule has 0 saturated carbocycles. The van der Waals surface area contributed by atoms with Crippen LogP contribution < -0.4 is 10.5 Å². The van der Waals surface area contributed by atoms with Crippen molar-refractivity contribution >= 4 is 28.7 Å². The van der Waals surface area contributed by atoms with Gasteiger partial charge in [0.25, 0.3) is 0 Å². The maximum Gasteiger partial charge on any atom is 0.410 e. The molecule has 0 saturated heterocycles. The fourth-order valence-corrected chi connectivity index (χ4v) is 1.12. The number of amides is 1. The van der Waals surface area contributed by atoms with Crippen LogP contribution in [0.4, 0.5) is 9.18 Å². The summed E-state index contributed by atoms with van der Waals surface area (Å²) in [5, 5.41) is 0. The first-order valence-electron chi connectivity index (χ1n) is 3.02. The molecular weight excluding hydrogens is 276 g/mol. The fourth-order valence-electron chi connectivity index (χ4n) is 0.666. The number of carbonyl (C=O) groups excluding carboxylic acids is 1. The Bertz CT molecular complexity index is 316. The van der Waals surface area contributed by atoms with Crippen LogP contribution in [0.5, 0.6) is 5.75 Å². The van der Waals surface area contributed by atoms with Crippen molar-refractivity contribution < 1.29 is 13.9 Å². The second-order valence-corrected chi connectivity index (χ2v) is 3.24. The number of primary amides is 1. The third kappa shape index (κ3) is 2.33. The predicted molar refractivity (Wildman–Crippen MR) is 49.3 cm³/mol. The summed E-state index contributed by atoms with van der Waals surface area (Å²) in [5.74, 6) is -0.747. The predicted octanol–water partition coefficient (Wildman–Crippen LogP) is 1.89. The second-order valence-electron chi connectivity index (χ2n) is 2.00. The number of nitrogens with two attached hydrogens (primary N) is 1. The van der Waals surface area contributed by atoms with E-state index >= 15 is 0 Å². The summed E-state index contributed by atoms with van der Waals surface area (Å²) in [6.45, 7) is 0. The first kappa shape index (κ1) is 9.24. The molecule has 3 nitrogen and oxygen atoms in total. The van der Waals surface area contributed by atoms with Crippen molar-refractivity contribution in [2.75, 3.05) is 0 Å². The maximum atomic E-state index is 12.9. The molecule has 0 heterocycles. The highest BCUT2D eigenvalue weighted by atomic mass is 127. The number of carbonyl (C=O) groups is 1. The van der Waals surface area contributed by atoms with Gasteiger partial charge in [-0.25, -0.2) is 9.18 Å². The van der Waals surface area contributed by atoms with Crippen LogP contribution in [-0.2, 0) is 0 Å². The van der Waals surface area contributed by atoms with Gasteiger partial charge in [-0.15, -0.1) is 0 Å². The Morgan fingerprint density at radius 2 is 2.25 bits per heavy atom. The summed E-state index contributed by atoms with van der Waals surface area (Å²) >= 11 is 1.94. The van der Waals surface area contributed by atoms with Crippen LogP contribution in [0.3, 0.4) is 0 Å². The van der Waals surface area contributed by atoms with Crippen LogP contribution in [0, 0.1) is 9.39 Å². The van der Waals surface area contributed by atoms with Gasteiger partial charge in [0, 0.05) is 3.57 Å². The largest absolute Gasteiger partial charge is 0.410 e. The molecule has 0 spiro atoms. The van der Waals surface area contributed by atoms with Gasteiger partial charge in [-0.1, -0.05) is 0 Å². The lowest BCUT2D eigenvalue weighted by molar-refractivity contribution is 0.208. The van der Waals surface area contributed by atoms with Crippen LogP contribution in [-0.4, -0.2) is 6.09 Å². The van der Waals surface area contributed by atoms with Crippen LogP contribution in [0.25, 0.3) is 0 Å². The Morgan fingerprint density at radius 1 is 1.58 bits per heavy atom. The Hall–Kier alpha value is -0.850. The van der Waals surface area contributed by atoms with Crippen LogP contribution in [0.2, 0.25) is 0 Å². The van der Waals surface area contributed by atoms with Crippen LogP contribution in [0.15, 0.2) is 18.2 Å². The van der Waals surface area contributed by atoms with Crippen LogP contribution >= 0.6 is 22.6 Å². The van der Waals surface area contributed by atoms with Gasteiger partial charge in [-0.05, 0) is 40.8 Å². The van der Waals surface area contributed by atoms with Crippen molar-refractivity contribution in [3.05, 3.63) is 27.6 Å². The van der Waals surface area contributed by atoms with Crippen molar-refractivity contribution in [1.82, 2.24) is 0 Å². The van der Waals surface area contributed by atoms with E-state index in [1.807, 2.05) is 22.6 Å². The quantitative estimate of drug-likeness (QED) is 0.799. The molecule has 0 fully saturated rings. The standard InChI is InChI=1S/C7H5FINO2/c8-5-3-4(9)1-2-6(5)12-7(10)11/h1-3H,(H2,10,11). The van der Waals surface area contributed by atoms with E-state index in [0.717, 1.165) is 3.57 Å². The summed E-state index contributed by atoms with van der Waals surface area (Å²) in [4.78, 5) is 10.2. The van der Waals surface area contributed by atoms with Crippen molar-refractivity contribution in [3.63, 3.8) is 0 Å². The van der Waals surface area contributed by atoms with E-state index in [2.05, 4.69) is 4.74 Å². The minimum atomic E-state index is -1.02. The minimum Gasteiger partial charge on any atom is -0.407 e. The molecule has 0 bridgehead atoms. The van der Waals surface area contributed by atoms with Crippen molar-refractivity contribution in [1.29, 1.82) is 0 Å². The molecule has 5 heteroatoms. The van der Waals surface area contributed by atoms with Gasteiger partial charge in [-0.2, -0.15) is 0 Å². The van der Waals surface area contributed by atoms with Gasteiger partial charge in [0.05, 0.1) is 0 Å². The molecule has 0 aromatic heterocycles. The normalized spacial score (nSPS) is 9.50. The van der Waals surface area contributed by atoms with Gasteiger partial charge in [0.1, 0.15) is 0 Å². The molecule has 2 N–H and O–H groups in total. The molecule has 0 atom stereocenters. The molecule has 64 valence electrons. The molecule has 0 aliphatic carbocycles. The molecule has 0 aliphatic rings. The number of hydrogen-bond donors (Lipinski definition) is 1. The Labute approximate surface area is 81.8 Å². The molecule has 0 radical (unpaired) electrons. The zero-order valence-corrected chi connectivity index (χ0v) is 8.04. The Morgan fingerprint density at radius 3 is 2.75 bits per heavy atom. The topological polar surface area (TPSA) is 52.3 Å². The highest BCUT2D eigenvalue weighted by Crippen LogP contribution is 2.18. The SMILES string of the molecule is NC(=O)Oc1ccc(I)cc1F. The minimum absolute atomic E-state index is 0.150. The number of ether oxygens (including phenoxy) is 1. The molecule has 1 aromatic rings. The van der Waals surface area contributed by atoms with Crippen LogP contribution in [0.1, 0.15) is 0 Å². The Balaban J connectivity index is 2.93. The first-order valence-corrected chi connectivity index (χ1v) is 4.10. The average molecular weight is 281 g/mol. The number of halogens is 2. The molecular formula is C7H5FINO2. The van der Waals surface area contributed by atoms with Crippen molar-refractivity contribution in [2.45, 2.75) is 0 Å². The van der Waals surface area contributed by atoms with E-state index in [1.54, 1.807) is 6.07 Å². The highest BCUT2D eigenvalue weighted by molar-refractivity contribution is 14.1. The lowest BCUT2D eigenvalue weighted by Crippen LogP contribution is -2.16. The number of benzene rings is 1. The average Bonchev–Trinajstić information content (AvgIpc) is 1.94. The zero-order chi connectivity index (χ0) is 9.14. The van der Waals surface area contributed by atoms with Gasteiger partial charge in [0.15, 0.2) is 11.6 Å². The summed E-state index contributed by atoms with van der Waals surface area (Å²) in [7, 11) is 0. The summed E-state index contributed by atoms with van der Waals surface area (Å²) in [6.07, 6.45) is -1.02. The van der Waals surface area contributed by atoms with E-state index in [1.165, 1.54) is 12.1 Å².